The molecular weight excluding hydrogens is 310 g/mol. The van der Waals surface area contributed by atoms with Gasteiger partial charge in [-0.15, -0.1) is 11.3 Å². The number of carbonyl (C=O) groups excluding carboxylic acids is 2. The van der Waals surface area contributed by atoms with Crippen LogP contribution in [0.3, 0.4) is 0 Å². The van der Waals surface area contributed by atoms with Gasteiger partial charge in [0.15, 0.2) is 0 Å². The van der Waals surface area contributed by atoms with E-state index in [4.69, 9.17) is 0 Å². The highest BCUT2D eigenvalue weighted by molar-refractivity contribution is 7.10. The average Bonchev–Trinajstić information content (AvgIpc) is 3.18. The first-order valence-electron chi connectivity index (χ1n) is 8.46. The Labute approximate surface area is 141 Å². The molecule has 3 rings (SSSR count). The molecule has 0 unspecified atom stereocenters. The lowest BCUT2D eigenvalue weighted by Crippen LogP contribution is -2.48. The molecule has 126 valence electrons. The molecule has 0 aromatic carbocycles. The minimum Gasteiger partial charge on any atom is -0.352 e. The van der Waals surface area contributed by atoms with E-state index in [1.165, 1.54) is 4.88 Å². The Bertz CT molecular complexity index is 538. The molecular formula is C17H25N3O2S. The lowest BCUT2D eigenvalue weighted by molar-refractivity contribution is -0.130. The predicted octanol–water partition coefficient (Wildman–Crippen LogP) is 2.01. The van der Waals surface area contributed by atoms with Crippen LogP contribution in [0.2, 0.25) is 0 Å². The number of hydrogen-bond acceptors (Lipinski definition) is 4. The van der Waals surface area contributed by atoms with Gasteiger partial charge in [0.05, 0.1) is 6.54 Å². The first-order chi connectivity index (χ1) is 11.1. The van der Waals surface area contributed by atoms with Gasteiger partial charge >= 0.3 is 0 Å². The summed E-state index contributed by atoms with van der Waals surface area (Å²) in [5, 5.41) is 5.26. The lowest BCUT2D eigenvalue weighted by Gasteiger charge is -2.32. The molecule has 2 fully saturated rings. The zero-order valence-electron chi connectivity index (χ0n) is 13.7. The minimum atomic E-state index is 0.120. The molecule has 1 N–H and O–H groups in total. The Balaban J connectivity index is 1.47. The van der Waals surface area contributed by atoms with E-state index in [2.05, 4.69) is 27.7 Å². The molecule has 3 heterocycles. The molecule has 2 saturated heterocycles. The van der Waals surface area contributed by atoms with Crippen molar-refractivity contribution in [1.29, 1.82) is 0 Å². The van der Waals surface area contributed by atoms with Crippen molar-refractivity contribution in [2.24, 2.45) is 0 Å². The van der Waals surface area contributed by atoms with E-state index < -0.39 is 0 Å². The molecule has 2 aliphatic rings. The summed E-state index contributed by atoms with van der Waals surface area (Å²) in [7, 11) is 0. The molecule has 0 saturated carbocycles. The quantitative estimate of drug-likeness (QED) is 0.916. The SMILES string of the molecule is CC(=O)N1CCC(NC(=O)CN2CCC[C@H]2c2cccs2)CC1. The Hall–Kier alpha value is -1.40. The van der Waals surface area contributed by atoms with Crippen LogP contribution >= 0.6 is 11.3 Å². The summed E-state index contributed by atoms with van der Waals surface area (Å²) in [6, 6.07) is 4.86. The first kappa shape index (κ1) is 16.5. The van der Waals surface area contributed by atoms with Crippen LogP contribution < -0.4 is 5.32 Å². The summed E-state index contributed by atoms with van der Waals surface area (Å²) in [4.78, 5) is 29.2. The summed E-state index contributed by atoms with van der Waals surface area (Å²) in [5.41, 5.74) is 0. The summed E-state index contributed by atoms with van der Waals surface area (Å²) in [5.74, 6) is 0.250. The van der Waals surface area contributed by atoms with Crippen molar-refractivity contribution >= 4 is 23.2 Å². The van der Waals surface area contributed by atoms with Gasteiger partial charge in [-0.05, 0) is 43.7 Å². The summed E-state index contributed by atoms with van der Waals surface area (Å²) < 4.78 is 0. The van der Waals surface area contributed by atoms with Crippen molar-refractivity contribution in [3.63, 3.8) is 0 Å². The Kier molecular flexibility index (Phi) is 5.33. The molecule has 6 heteroatoms. The molecule has 1 aromatic rings. The highest BCUT2D eigenvalue weighted by Crippen LogP contribution is 2.33. The van der Waals surface area contributed by atoms with Crippen LogP contribution in [0.1, 0.15) is 43.5 Å². The third-order valence-corrected chi connectivity index (χ3v) is 5.86. The van der Waals surface area contributed by atoms with Crippen LogP contribution in [0, 0.1) is 0 Å². The van der Waals surface area contributed by atoms with Crippen LogP contribution in [-0.2, 0) is 9.59 Å². The molecule has 1 atom stereocenters. The van der Waals surface area contributed by atoms with E-state index in [1.54, 1.807) is 18.3 Å². The highest BCUT2D eigenvalue weighted by Gasteiger charge is 2.29. The highest BCUT2D eigenvalue weighted by atomic mass is 32.1. The van der Waals surface area contributed by atoms with Crippen molar-refractivity contribution in [3.05, 3.63) is 22.4 Å². The Morgan fingerprint density at radius 3 is 2.70 bits per heavy atom. The second-order valence-electron chi connectivity index (χ2n) is 6.49. The number of thiophene rings is 1. The second-order valence-corrected chi connectivity index (χ2v) is 7.47. The Morgan fingerprint density at radius 2 is 2.04 bits per heavy atom. The van der Waals surface area contributed by atoms with E-state index in [-0.39, 0.29) is 17.9 Å². The maximum atomic E-state index is 12.4. The van der Waals surface area contributed by atoms with Crippen LogP contribution in [0.5, 0.6) is 0 Å². The number of likely N-dealkylation sites (tertiary alicyclic amines) is 2. The molecule has 5 nitrogen and oxygen atoms in total. The molecule has 0 aliphatic carbocycles. The van der Waals surface area contributed by atoms with E-state index in [1.807, 2.05) is 4.90 Å². The van der Waals surface area contributed by atoms with Gasteiger partial charge in [-0.25, -0.2) is 0 Å². The van der Waals surface area contributed by atoms with Gasteiger partial charge in [0.2, 0.25) is 11.8 Å². The van der Waals surface area contributed by atoms with Crippen LogP contribution in [0.25, 0.3) is 0 Å². The van der Waals surface area contributed by atoms with E-state index in [0.29, 0.717) is 12.6 Å². The van der Waals surface area contributed by atoms with Gasteiger partial charge < -0.3 is 10.2 Å². The smallest absolute Gasteiger partial charge is 0.234 e. The number of piperidine rings is 1. The van der Waals surface area contributed by atoms with Gasteiger partial charge in [-0.3, -0.25) is 14.5 Å². The van der Waals surface area contributed by atoms with Crippen LogP contribution in [0.4, 0.5) is 0 Å². The Morgan fingerprint density at radius 1 is 1.26 bits per heavy atom. The molecule has 0 radical (unpaired) electrons. The summed E-state index contributed by atoms with van der Waals surface area (Å²) in [6.07, 6.45) is 4.02. The van der Waals surface area contributed by atoms with Crippen molar-refractivity contribution < 1.29 is 9.59 Å². The zero-order chi connectivity index (χ0) is 16.2. The van der Waals surface area contributed by atoms with Gasteiger partial charge in [0.1, 0.15) is 0 Å². The number of hydrogen-bond donors (Lipinski definition) is 1. The molecule has 23 heavy (non-hydrogen) atoms. The third kappa shape index (κ3) is 4.12. The maximum Gasteiger partial charge on any atom is 0.234 e. The molecule has 1 aromatic heterocycles. The normalized spacial score (nSPS) is 23.2. The number of amides is 2. The van der Waals surface area contributed by atoms with Gasteiger partial charge in [0, 0.05) is 37.0 Å². The first-order valence-corrected chi connectivity index (χ1v) is 9.34. The van der Waals surface area contributed by atoms with Gasteiger partial charge in [0.25, 0.3) is 0 Å². The fourth-order valence-corrected chi connectivity index (χ4v) is 4.51. The van der Waals surface area contributed by atoms with E-state index in [0.717, 1.165) is 45.3 Å². The van der Waals surface area contributed by atoms with Crippen molar-refractivity contribution in [1.82, 2.24) is 15.1 Å². The molecule has 0 bridgehead atoms. The van der Waals surface area contributed by atoms with Crippen molar-refractivity contribution in [2.45, 2.75) is 44.7 Å². The number of carbonyl (C=O) groups is 2. The monoisotopic (exact) mass is 335 g/mol. The summed E-state index contributed by atoms with van der Waals surface area (Å²) >= 11 is 1.78. The topological polar surface area (TPSA) is 52.7 Å². The largest absolute Gasteiger partial charge is 0.352 e. The molecule has 0 spiro atoms. The average molecular weight is 335 g/mol. The summed E-state index contributed by atoms with van der Waals surface area (Å²) in [6.45, 7) is 4.59. The van der Waals surface area contributed by atoms with Gasteiger partial charge in [-0.2, -0.15) is 0 Å². The number of nitrogens with zero attached hydrogens (tertiary/aromatic N) is 2. The minimum absolute atomic E-state index is 0.120. The lowest BCUT2D eigenvalue weighted by atomic mass is 10.0. The van der Waals surface area contributed by atoms with Gasteiger partial charge in [-0.1, -0.05) is 6.07 Å². The zero-order valence-corrected chi connectivity index (χ0v) is 14.5. The van der Waals surface area contributed by atoms with E-state index >= 15 is 0 Å². The number of nitrogens with one attached hydrogen (secondary N) is 1. The van der Waals surface area contributed by atoms with E-state index in [9.17, 15) is 9.59 Å². The third-order valence-electron chi connectivity index (χ3n) is 4.89. The molecule has 2 aliphatic heterocycles. The standard InChI is InChI=1S/C17H25N3O2S/c1-13(21)19-9-6-14(7-10-19)18-17(22)12-20-8-2-4-15(20)16-5-3-11-23-16/h3,5,11,14-15H,2,4,6-10,12H2,1H3,(H,18,22)/t15-/m0/s1. The van der Waals surface area contributed by atoms with Crippen molar-refractivity contribution in [3.8, 4) is 0 Å². The fourth-order valence-electron chi connectivity index (χ4n) is 3.61. The number of rotatable bonds is 4. The fraction of sp³-hybridized carbons (Fsp3) is 0.647. The maximum absolute atomic E-state index is 12.4. The second kappa shape index (κ2) is 7.45. The van der Waals surface area contributed by atoms with Crippen molar-refractivity contribution in [2.75, 3.05) is 26.2 Å². The van der Waals surface area contributed by atoms with Crippen LogP contribution in [-0.4, -0.2) is 53.8 Å². The molecule has 2 amide bonds. The van der Waals surface area contributed by atoms with Crippen LogP contribution in [0.15, 0.2) is 17.5 Å². The predicted molar refractivity (Wildman–Crippen MR) is 91.3 cm³/mol.